The van der Waals surface area contributed by atoms with Crippen LogP contribution in [0, 0.1) is 11.6 Å². The van der Waals surface area contributed by atoms with Gasteiger partial charge in [0.15, 0.2) is 16.1 Å². The third-order valence-electron chi connectivity index (χ3n) is 3.47. The quantitative estimate of drug-likeness (QED) is 0.645. The van der Waals surface area contributed by atoms with E-state index in [1.165, 1.54) is 28.3 Å². The molecule has 2 heterocycles. The molecule has 1 aromatic carbocycles. The first-order valence-electron chi connectivity index (χ1n) is 7.20. The number of hydrogen-bond acceptors (Lipinski definition) is 5. The predicted molar refractivity (Wildman–Crippen MR) is 90.3 cm³/mol. The predicted octanol–water partition coefficient (Wildman–Crippen LogP) is 3.61. The lowest BCUT2D eigenvalue weighted by Crippen LogP contribution is -2.21. The van der Waals surface area contributed by atoms with Crippen molar-refractivity contribution in [3.8, 4) is 0 Å². The van der Waals surface area contributed by atoms with E-state index in [2.05, 4.69) is 4.98 Å². The second-order valence-corrected chi connectivity index (χ2v) is 6.78. The Morgan fingerprint density at radius 2 is 2.08 bits per heavy atom. The minimum atomic E-state index is -1.17. The van der Waals surface area contributed by atoms with Crippen molar-refractivity contribution in [3.05, 3.63) is 61.3 Å². The molecule has 0 amide bonds. The van der Waals surface area contributed by atoms with E-state index in [1.54, 1.807) is 6.92 Å². The summed E-state index contributed by atoms with van der Waals surface area (Å²) in [6.45, 7) is 1.86. The molecule has 0 aliphatic carbocycles. The molecule has 0 spiro atoms. The maximum Gasteiger partial charge on any atom is 0.343 e. The van der Waals surface area contributed by atoms with Gasteiger partial charge in [0, 0.05) is 28.7 Å². The van der Waals surface area contributed by atoms with Crippen LogP contribution in [0.2, 0.25) is 4.47 Å². The van der Waals surface area contributed by atoms with Crippen molar-refractivity contribution in [2.75, 3.05) is 6.61 Å². The number of fused-ring (bicyclic) bond motifs is 1. The van der Waals surface area contributed by atoms with Crippen molar-refractivity contribution in [1.82, 2.24) is 9.55 Å². The Labute approximate surface area is 149 Å². The average Bonchev–Trinajstić information content (AvgIpc) is 2.97. The highest BCUT2D eigenvalue weighted by Crippen LogP contribution is 2.22. The Kier molecular flexibility index (Phi) is 4.82. The first-order valence-corrected chi connectivity index (χ1v) is 8.39. The van der Waals surface area contributed by atoms with Crippen LogP contribution in [-0.4, -0.2) is 22.1 Å². The smallest absolute Gasteiger partial charge is 0.343 e. The maximum absolute atomic E-state index is 13.7. The number of nitrogens with zero attached hydrogens (tertiary/aromatic N) is 2. The lowest BCUT2D eigenvalue weighted by molar-refractivity contribution is 0.0524. The molecule has 5 nitrogen and oxygen atoms in total. The van der Waals surface area contributed by atoms with Crippen molar-refractivity contribution in [2.45, 2.75) is 13.5 Å². The fourth-order valence-electron chi connectivity index (χ4n) is 2.39. The van der Waals surface area contributed by atoms with Crippen molar-refractivity contribution < 1.29 is 18.3 Å². The van der Waals surface area contributed by atoms with Gasteiger partial charge >= 0.3 is 5.97 Å². The Hall–Kier alpha value is -2.32. The van der Waals surface area contributed by atoms with Gasteiger partial charge in [-0.3, -0.25) is 4.79 Å². The Morgan fingerprint density at radius 1 is 1.36 bits per heavy atom. The van der Waals surface area contributed by atoms with Gasteiger partial charge in [0.25, 0.3) is 0 Å². The van der Waals surface area contributed by atoms with E-state index >= 15 is 0 Å². The summed E-state index contributed by atoms with van der Waals surface area (Å²) in [5.41, 5.74) is -0.816. The molecule has 130 valence electrons. The largest absolute Gasteiger partial charge is 0.462 e. The number of benzene rings is 1. The molecule has 0 atom stereocenters. The molecule has 0 aliphatic rings. The summed E-state index contributed by atoms with van der Waals surface area (Å²) in [4.78, 5) is 29.1. The number of thiazole rings is 1. The van der Waals surface area contributed by atoms with E-state index in [4.69, 9.17) is 16.3 Å². The number of carbonyl (C=O) groups is 1. The normalized spacial score (nSPS) is 11.0. The fraction of sp³-hybridized carbons (Fsp3) is 0.188. The lowest BCUT2D eigenvalue weighted by atomic mass is 10.1. The van der Waals surface area contributed by atoms with Gasteiger partial charge in [0.2, 0.25) is 5.43 Å². The van der Waals surface area contributed by atoms with E-state index in [9.17, 15) is 18.4 Å². The SMILES string of the molecule is CCOC(=O)c1cn(Cc2cnc(Cl)s2)c2cc(F)c(F)cc2c1=O. The van der Waals surface area contributed by atoms with E-state index in [0.717, 1.165) is 17.0 Å². The maximum atomic E-state index is 13.7. The molecule has 2 aromatic heterocycles. The van der Waals surface area contributed by atoms with Crippen LogP contribution >= 0.6 is 22.9 Å². The summed E-state index contributed by atoms with van der Waals surface area (Å²) < 4.78 is 33.9. The Morgan fingerprint density at radius 3 is 2.72 bits per heavy atom. The standard InChI is InChI=1S/C16H11ClF2N2O3S/c1-2-24-15(23)10-7-21(6-8-5-20-16(17)25-8)13-4-12(19)11(18)3-9(13)14(10)22/h3-5,7H,2,6H2,1H3. The summed E-state index contributed by atoms with van der Waals surface area (Å²) >= 11 is 7.00. The third kappa shape index (κ3) is 3.40. The molecule has 0 radical (unpaired) electrons. The highest BCUT2D eigenvalue weighted by molar-refractivity contribution is 7.15. The van der Waals surface area contributed by atoms with Gasteiger partial charge in [-0.2, -0.15) is 0 Å². The minimum Gasteiger partial charge on any atom is -0.462 e. The van der Waals surface area contributed by atoms with E-state index in [0.29, 0.717) is 4.47 Å². The molecule has 0 aliphatic heterocycles. The number of aromatic nitrogens is 2. The summed E-state index contributed by atoms with van der Waals surface area (Å²) in [6.07, 6.45) is 2.80. The zero-order chi connectivity index (χ0) is 18.1. The van der Waals surface area contributed by atoms with Crippen LogP contribution in [0.3, 0.4) is 0 Å². The van der Waals surface area contributed by atoms with Gasteiger partial charge in [0.1, 0.15) is 5.56 Å². The van der Waals surface area contributed by atoms with E-state index in [1.807, 2.05) is 0 Å². The first kappa shape index (κ1) is 17.5. The topological polar surface area (TPSA) is 61.2 Å². The molecular weight excluding hydrogens is 374 g/mol. The van der Waals surface area contributed by atoms with Crippen LogP contribution in [0.5, 0.6) is 0 Å². The highest BCUT2D eigenvalue weighted by Gasteiger charge is 2.19. The van der Waals surface area contributed by atoms with E-state index < -0.39 is 23.0 Å². The number of halogens is 3. The van der Waals surface area contributed by atoms with Crippen molar-refractivity contribution in [3.63, 3.8) is 0 Å². The van der Waals surface area contributed by atoms with Crippen LogP contribution in [-0.2, 0) is 11.3 Å². The number of rotatable bonds is 4. The molecular formula is C16H11ClF2N2O3S. The molecule has 3 rings (SSSR count). The van der Waals surface area contributed by atoms with Crippen LogP contribution in [0.4, 0.5) is 8.78 Å². The van der Waals surface area contributed by atoms with Gasteiger partial charge in [-0.15, -0.1) is 11.3 Å². The molecule has 3 aromatic rings. The number of carbonyl (C=O) groups excluding carboxylic acids is 1. The molecule has 0 bridgehead atoms. The zero-order valence-electron chi connectivity index (χ0n) is 12.9. The molecule has 0 N–H and O–H groups in total. The number of esters is 1. The Bertz CT molecular complexity index is 1030. The van der Waals surface area contributed by atoms with Gasteiger partial charge in [-0.05, 0) is 13.0 Å². The lowest BCUT2D eigenvalue weighted by Gasteiger charge is -2.12. The van der Waals surface area contributed by atoms with Gasteiger partial charge in [-0.25, -0.2) is 18.6 Å². The first-order chi connectivity index (χ1) is 11.9. The van der Waals surface area contributed by atoms with Gasteiger partial charge in [-0.1, -0.05) is 11.6 Å². The number of pyridine rings is 1. The summed E-state index contributed by atoms with van der Waals surface area (Å²) in [5.74, 6) is -3.08. The van der Waals surface area contributed by atoms with Gasteiger partial charge in [0.05, 0.1) is 18.7 Å². The van der Waals surface area contributed by atoms with Gasteiger partial charge < -0.3 is 9.30 Å². The zero-order valence-corrected chi connectivity index (χ0v) is 14.5. The highest BCUT2D eigenvalue weighted by atomic mass is 35.5. The minimum absolute atomic E-state index is 0.0819. The van der Waals surface area contributed by atoms with Crippen molar-refractivity contribution >= 4 is 39.8 Å². The molecule has 9 heteroatoms. The summed E-state index contributed by atoms with van der Waals surface area (Å²) in [7, 11) is 0. The average molecular weight is 385 g/mol. The molecule has 0 saturated heterocycles. The van der Waals surface area contributed by atoms with Crippen LogP contribution in [0.15, 0.2) is 29.3 Å². The molecule has 25 heavy (non-hydrogen) atoms. The molecule has 0 fully saturated rings. The van der Waals surface area contributed by atoms with Crippen LogP contribution in [0.25, 0.3) is 10.9 Å². The summed E-state index contributed by atoms with van der Waals surface area (Å²) in [5, 5.41) is -0.111. The van der Waals surface area contributed by atoms with E-state index in [-0.39, 0.29) is 29.6 Å². The monoisotopic (exact) mass is 384 g/mol. The number of hydrogen-bond donors (Lipinski definition) is 0. The third-order valence-corrected chi connectivity index (χ3v) is 4.57. The molecule has 0 saturated carbocycles. The second-order valence-electron chi connectivity index (χ2n) is 5.08. The Balaban J connectivity index is 2.25. The van der Waals surface area contributed by atoms with Crippen LogP contribution < -0.4 is 5.43 Å². The second kappa shape index (κ2) is 6.89. The van der Waals surface area contributed by atoms with Crippen molar-refractivity contribution in [2.24, 2.45) is 0 Å². The van der Waals surface area contributed by atoms with Crippen LogP contribution in [0.1, 0.15) is 22.2 Å². The fourth-order valence-corrected chi connectivity index (χ4v) is 3.37. The molecule has 0 unspecified atom stereocenters. The van der Waals surface area contributed by atoms with Crippen molar-refractivity contribution in [1.29, 1.82) is 0 Å². The number of ether oxygens (including phenoxy) is 1. The summed E-state index contributed by atoms with van der Waals surface area (Å²) in [6, 6.07) is 1.70.